The van der Waals surface area contributed by atoms with Crippen molar-refractivity contribution in [2.75, 3.05) is 49.3 Å². The van der Waals surface area contributed by atoms with Crippen LogP contribution in [0.5, 0.6) is 5.75 Å². The van der Waals surface area contributed by atoms with Crippen LogP contribution >= 0.6 is 0 Å². The van der Waals surface area contributed by atoms with Crippen LogP contribution in [0.25, 0.3) is 0 Å². The Bertz CT molecular complexity index is 943. The summed E-state index contributed by atoms with van der Waals surface area (Å²) >= 11 is 0. The number of hydrogen-bond donors (Lipinski definition) is 2. The number of piperidine rings is 1. The van der Waals surface area contributed by atoms with Crippen LogP contribution in [-0.2, 0) is 0 Å². The maximum atomic E-state index is 14.5. The van der Waals surface area contributed by atoms with Crippen LogP contribution in [0.15, 0.2) is 18.2 Å². The van der Waals surface area contributed by atoms with Crippen LogP contribution < -0.4 is 20.3 Å². The molecule has 192 valence electrons. The Morgan fingerprint density at radius 3 is 2.43 bits per heavy atom. The monoisotopic (exact) mass is 485 g/mol. The first kappa shape index (κ1) is 25.4. The van der Waals surface area contributed by atoms with Crippen LogP contribution in [0.4, 0.5) is 27.9 Å². The number of rotatable bonds is 9. The Morgan fingerprint density at radius 1 is 1.03 bits per heavy atom. The molecule has 9 heteroatoms. The van der Waals surface area contributed by atoms with Gasteiger partial charge in [0, 0.05) is 30.9 Å². The minimum Gasteiger partial charge on any atom is -0.491 e. The quantitative estimate of drug-likeness (QED) is 0.469. The first-order chi connectivity index (χ1) is 17.0. The summed E-state index contributed by atoms with van der Waals surface area (Å²) in [6, 6.07) is 5.59. The molecule has 0 bridgehead atoms. The number of hydrogen-bond acceptors (Lipinski definition) is 8. The van der Waals surface area contributed by atoms with E-state index in [-0.39, 0.29) is 5.75 Å². The number of anilines is 4. The number of aromatic nitrogens is 3. The van der Waals surface area contributed by atoms with E-state index in [9.17, 15) is 4.39 Å². The Balaban J connectivity index is 1.56. The molecule has 0 radical (unpaired) electrons. The van der Waals surface area contributed by atoms with E-state index >= 15 is 0 Å². The summed E-state index contributed by atoms with van der Waals surface area (Å²) in [5, 5.41) is 6.76. The van der Waals surface area contributed by atoms with Crippen molar-refractivity contribution in [3.05, 3.63) is 24.0 Å². The molecule has 0 amide bonds. The minimum atomic E-state index is -0.405. The molecule has 8 nitrogen and oxygen atoms in total. The zero-order valence-electron chi connectivity index (χ0n) is 21.4. The lowest BCUT2D eigenvalue weighted by atomic mass is 10.0. The van der Waals surface area contributed by atoms with Gasteiger partial charge in [0.2, 0.25) is 17.8 Å². The van der Waals surface area contributed by atoms with Crippen LogP contribution in [0, 0.1) is 5.82 Å². The van der Waals surface area contributed by atoms with E-state index < -0.39 is 5.82 Å². The smallest absolute Gasteiger partial charge is 0.233 e. The molecule has 35 heavy (non-hydrogen) atoms. The average molecular weight is 486 g/mol. The Kier molecular flexibility index (Phi) is 8.95. The number of benzene rings is 1. The van der Waals surface area contributed by atoms with Gasteiger partial charge in [-0.1, -0.05) is 32.6 Å². The van der Waals surface area contributed by atoms with Crippen LogP contribution in [0.2, 0.25) is 0 Å². The van der Waals surface area contributed by atoms with E-state index in [0.29, 0.717) is 42.2 Å². The third-order valence-corrected chi connectivity index (χ3v) is 7.01. The molecule has 0 atom stereocenters. The lowest BCUT2D eigenvalue weighted by molar-refractivity contribution is 0.252. The molecule has 1 saturated heterocycles. The maximum absolute atomic E-state index is 14.5. The number of halogens is 1. The van der Waals surface area contributed by atoms with Gasteiger partial charge in [-0.2, -0.15) is 15.0 Å². The molecule has 1 saturated carbocycles. The summed E-state index contributed by atoms with van der Waals surface area (Å²) in [5.74, 6) is 1.47. The van der Waals surface area contributed by atoms with Gasteiger partial charge in [0.05, 0.1) is 6.61 Å². The molecule has 4 rings (SSSR count). The molecule has 2 heterocycles. The van der Waals surface area contributed by atoms with Crippen molar-refractivity contribution in [1.82, 2.24) is 19.9 Å². The topological polar surface area (TPSA) is 78.4 Å². The summed E-state index contributed by atoms with van der Waals surface area (Å²) < 4.78 is 20.0. The van der Waals surface area contributed by atoms with Crippen LogP contribution in [0.1, 0.15) is 64.7 Å². The second kappa shape index (κ2) is 12.3. The van der Waals surface area contributed by atoms with Crippen molar-refractivity contribution in [2.45, 2.75) is 76.8 Å². The molecule has 1 aromatic heterocycles. The van der Waals surface area contributed by atoms with Crippen molar-refractivity contribution in [3.63, 3.8) is 0 Å². The van der Waals surface area contributed by atoms with Gasteiger partial charge >= 0.3 is 0 Å². The van der Waals surface area contributed by atoms with Crippen molar-refractivity contribution in [2.24, 2.45) is 0 Å². The first-order valence-corrected chi connectivity index (χ1v) is 13.1. The summed E-state index contributed by atoms with van der Waals surface area (Å²) in [6.45, 7) is 4.60. The van der Waals surface area contributed by atoms with Gasteiger partial charge in [-0.25, -0.2) is 4.39 Å². The SMILES string of the molecule is CCCOc1ccc(Nc2nc(NC3CCCCCC3)nc(N(C)C3CCN(C)CC3)n2)cc1F. The first-order valence-electron chi connectivity index (χ1n) is 13.1. The van der Waals surface area contributed by atoms with E-state index in [1.165, 1.54) is 31.7 Å². The molecular weight excluding hydrogens is 445 g/mol. The normalized spacial score (nSPS) is 18.2. The summed E-state index contributed by atoms with van der Waals surface area (Å²) in [6.07, 6.45) is 10.2. The average Bonchev–Trinajstić information content (AvgIpc) is 3.12. The molecule has 2 N–H and O–H groups in total. The van der Waals surface area contributed by atoms with Crippen molar-refractivity contribution in [1.29, 1.82) is 0 Å². The highest BCUT2D eigenvalue weighted by Gasteiger charge is 2.24. The second-order valence-corrected chi connectivity index (χ2v) is 9.88. The predicted octanol–water partition coefficient (Wildman–Crippen LogP) is 5.21. The number of ether oxygens (including phenoxy) is 1. The summed E-state index contributed by atoms with van der Waals surface area (Å²) in [4.78, 5) is 18.7. The van der Waals surface area contributed by atoms with Gasteiger partial charge in [0.1, 0.15) is 0 Å². The third-order valence-electron chi connectivity index (χ3n) is 7.01. The molecule has 1 aromatic carbocycles. The van der Waals surface area contributed by atoms with Gasteiger partial charge < -0.3 is 25.2 Å². The van der Waals surface area contributed by atoms with Crippen LogP contribution in [-0.4, -0.2) is 65.7 Å². The van der Waals surface area contributed by atoms with Gasteiger partial charge in [-0.05, 0) is 64.4 Å². The fraction of sp³-hybridized carbons (Fsp3) is 0.654. The fourth-order valence-corrected chi connectivity index (χ4v) is 4.83. The van der Waals surface area contributed by atoms with E-state index in [1.807, 2.05) is 6.92 Å². The summed E-state index contributed by atoms with van der Waals surface area (Å²) in [5.41, 5.74) is 0.575. The Morgan fingerprint density at radius 2 is 1.74 bits per heavy atom. The van der Waals surface area contributed by atoms with Gasteiger partial charge in [-0.15, -0.1) is 0 Å². The third kappa shape index (κ3) is 7.16. The fourth-order valence-electron chi connectivity index (χ4n) is 4.83. The standard InChI is InChI=1S/C26H40FN7O/c1-4-17-35-23-12-11-20(18-22(23)27)29-25-30-24(28-19-9-7-5-6-8-10-19)31-26(32-25)34(3)21-13-15-33(2)16-14-21/h11-12,18-19,21H,4-10,13-17H2,1-3H3,(H2,28,29,30,31,32). The van der Waals surface area contributed by atoms with E-state index in [2.05, 4.69) is 39.5 Å². The molecule has 2 aromatic rings. The molecule has 0 unspecified atom stereocenters. The second-order valence-electron chi connectivity index (χ2n) is 9.88. The zero-order valence-corrected chi connectivity index (χ0v) is 21.4. The molecule has 2 aliphatic rings. The molecule has 2 fully saturated rings. The lowest BCUT2D eigenvalue weighted by Gasteiger charge is -2.35. The maximum Gasteiger partial charge on any atom is 0.233 e. The number of nitrogens with one attached hydrogen (secondary N) is 2. The molecule has 1 aliphatic carbocycles. The highest BCUT2D eigenvalue weighted by Crippen LogP contribution is 2.26. The lowest BCUT2D eigenvalue weighted by Crippen LogP contribution is -2.42. The highest BCUT2D eigenvalue weighted by atomic mass is 19.1. The van der Waals surface area contributed by atoms with E-state index in [4.69, 9.17) is 14.7 Å². The van der Waals surface area contributed by atoms with Crippen molar-refractivity contribution in [3.8, 4) is 5.75 Å². The van der Waals surface area contributed by atoms with Gasteiger partial charge in [0.25, 0.3) is 0 Å². The van der Waals surface area contributed by atoms with Crippen molar-refractivity contribution >= 4 is 23.5 Å². The van der Waals surface area contributed by atoms with Gasteiger partial charge in [0.15, 0.2) is 11.6 Å². The highest BCUT2D eigenvalue weighted by molar-refractivity contribution is 5.57. The zero-order chi connectivity index (χ0) is 24.6. The predicted molar refractivity (Wildman–Crippen MR) is 139 cm³/mol. The molecule has 1 aliphatic heterocycles. The summed E-state index contributed by atoms with van der Waals surface area (Å²) in [7, 11) is 4.22. The van der Waals surface area contributed by atoms with E-state index in [1.54, 1.807) is 12.1 Å². The van der Waals surface area contributed by atoms with Crippen molar-refractivity contribution < 1.29 is 9.13 Å². The Hall–Kier alpha value is -2.68. The Labute approximate surface area is 208 Å². The largest absolute Gasteiger partial charge is 0.491 e. The molecule has 0 spiro atoms. The van der Waals surface area contributed by atoms with E-state index in [0.717, 1.165) is 45.2 Å². The van der Waals surface area contributed by atoms with Gasteiger partial charge in [-0.3, -0.25) is 0 Å². The number of likely N-dealkylation sites (tertiary alicyclic amines) is 1. The molecular formula is C26H40FN7O. The van der Waals surface area contributed by atoms with Crippen LogP contribution in [0.3, 0.4) is 0 Å². The minimum absolute atomic E-state index is 0.256. The number of nitrogens with zero attached hydrogens (tertiary/aromatic N) is 5.